The standard InChI is InChI=1S/C23H23N3O3/c1-15-12-16-6-4-5-7-19(16)26(15)22-11-8-17(14-24-22)23(27)25-18-9-10-20(28-2)21(13-18)29-3/h4-11,13-15H,12H2,1-3H3,(H,25,27). The Kier molecular flexibility index (Phi) is 5.08. The molecule has 2 heterocycles. The normalized spacial score (nSPS) is 15.0. The van der Waals surface area contributed by atoms with Crippen molar-refractivity contribution in [2.24, 2.45) is 0 Å². The largest absolute Gasteiger partial charge is 0.493 e. The predicted octanol–water partition coefficient (Wildman–Crippen LogP) is 4.43. The van der Waals surface area contributed by atoms with Gasteiger partial charge in [0.2, 0.25) is 0 Å². The first-order valence-corrected chi connectivity index (χ1v) is 9.47. The van der Waals surface area contributed by atoms with Crippen LogP contribution in [0.3, 0.4) is 0 Å². The van der Waals surface area contributed by atoms with E-state index < -0.39 is 0 Å². The number of carbonyl (C=O) groups is 1. The van der Waals surface area contributed by atoms with Gasteiger partial charge in [-0.1, -0.05) is 18.2 Å². The van der Waals surface area contributed by atoms with Crippen LogP contribution in [0.2, 0.25) is 0 Å². The number of pyridine rings is 1. The van der Waals surface area contributed by atoms with Gasteiger partial charge >= 0.3 is 0 Å². The minimum Gasteiger partial charge on any atom is -0.493 e. The summed E-state index contributed by atoms with van der Waals surface area (Å²) in [7, 11) is 3.13. The summed E-state index contributed by atoms with van der Waals surface area (Å²) in [5, 5.41) is 2.87. The Morgan fingerprint density at radius 1 is 1.07 bits per heavy atom. The Morgan fingerprint density at radius 2 is 1.86 bits per heavy atom. The van der Waals surface area contributed by atoms with Crippen molar-refractivity contribution in [1.82, 2.24) is 4.98 Å². The maximum atomic E-state index is 12.6. The van der Waals surface area contributed by atoms with Gasteiger partial charge in [0.05, 0.1) is 19.8 Å². The summed E-state index contributed by atoms with van der Waals surface area (Å²) in [6, 6.07) is 17.6. The van der Waals surface area contributed by atoms with Gasteiger partial charge < -0.3 is 19.7 Å². The van der Waals surface area contributed by atoms with Crippen LogP contribution in [0.5, 0.6) is 11.5 Å². The van der Waals surface area contributed by atoms with Gasteiger partial charge in [-0.15, -0.1) is 0 Å². The molecule has 2 aromatic carbocycles. The van der Waals surface area contributed by atoms with E-state index in [0.29, 0.717) is 28.8 Å². The van der Waals surface area contributed by atoms with Crippen LogP contribution in [0.15, 0.2) is 60.8 Å². The first-order chi connectivity index (χ1) is 14.1. The smallest absolute Gasteiger partial charge is 0.257 e. The van der Waals surface area contributed by atoms with Crippen LogP contribution < -0.4 is 19.7 Å². The van der Waals surface area contributed by atoms with Gasteiger partial charge in [0.1, 0.15) is 5.82 Å². The Bertz CT molecular complexity index is 1030. The van der Waals surface area contributed by atoms with Crippen LogP contribution in [0.4, 0.5) is 17.2 Å². The zero-order chi connectivity index (χ0) is 20.4. The van der Waals surface area contributed by atoms with Crippen LogP contribution in [0.25, 0.3) is 0 Å². The zero-order valence-corrected chi connectivity index (χ0v) is 16.7. The highest BCUT2D eigenvalue weighted by Gasteiger charge is 2.27. The molecule has 1 unspecified atom stereocenters. The Balaban J connectivity index is 1.52. The number of amides is 1. The molecule has 1 aliphatic heterocycles. The Morgan fingerprint density at radius 3 is 2.59 bits per heavy atom. The lowest BCUT2D eigenvalue weighted by Gasteiger charge is -2.23. The molecule has 6 heteroatoms. The molecule has 3 aromatic rings. The average Bonchev–Trinajstić information content (AvgIpc) is 3.09. The van der Waals surface area contributed by atoms with Crippen LogP contribution in [0, 0.1) is 0 Å². The highest BCUT2D eigenvalue weighted by atomic mass is 16.5. The first kappa shape index (κ1) is 18.8. The second-order valence-electron chi connectivity index (χ2n) is 6.98. The second-order valence-corrected chi connectivity index (χ2v) is 6.98. The van der Waals surface area contributed by atoms with E-state index in [-0.39, 0.29) is 5.91 Å². The number of anilines is 3. The molecule has 0 saturated carbocycles. The highest BCUT2D eigenvalue weighted by Crippen LogP contribution is 2.37. The summed E-state index contributed by atoms with van der Waals surface area (Å²) in [6.07, 6.45) is 2.60. The fourth-order valence-corrected chi connectivity index (χ4v) is 3.69. The number of nitrogens with zero attached hydrogens (tertiary/aromatic N) is 2. The molecule has 1 amide bonds. The van der Waals surface area contributed by atoms with Crippen molar-refractivity contribution in [2.75, 3.05) is 24.4 Å². The zero-order valence-electron chi connectivity index (χ0n) is 16.7. The molecule has 1 aliphatic rings. The maximum Gasteiger partial charge on any atom is 0.257 e. The van der Waals surface area contributed by atoms with Crippen LogP contribution in [-0.4, -0.2) is 31.2 Å². The van der Waals surface area contributed by atoms with Crippen LogP contribution in [0.1, 0.15) is 22.8 Å². The molecule has 0 fully saturated rings. The Labute approximate surface area is 170 Å². The summed E-state index contributed by atoms with van der Waals surface area (Å²) in [6.45, 7) is 2.18. The summed E-state index contributed by atoms with van der Waals surface area (Å²) < 4.78 is 10.5. The number of ether oxygens (including phenoxy) is 2. The highest BCUT2D eigenvalue weighted by molar-refractivity contribution is 6.04. The van der Waals surface area contributed by atoms with E-state index >= 15 is 0 Å². The molecule has 0 aliphatic carbocycles. The lowest BCUT2D eigenvalue weighted by molar-refractivity contribution is 0.102. The fourth-order valence-electron chi connectivity index (χ4n) is 3.69. The third-order valence-corrected chi connectivity index (χ3v) is 5.11. The number of carbonyl (C=O) groups excluding carboxylic acids is 1. The van der Waals surface area contributed by atoms with Crippen molar-refractivity contribution in [2.45, 2.75) is 19.4 Å². The van der Waals surface area contributed by atoms with Gasteiger partial charge in [-0.25, -0.2) is 4.98 Å². The fraction of sp³-hybridized carbons (Fsp3) is 0.217. The number of hydrogen-bond donors (Lipinski definition) is 1. The number of aromatic nitrogens is 1. The topological polar surface area (TPSA) is 63.7 Å². The van der Waals surface area contributed by atoms with Crippen molar-refractivity contribution in [1.29, 1.82) is 0 Å². The monoisotopic (exact) mass is 389 g/mol. The molecule has 148 valence electrons. The third-order valence-electron chi connectivity index (χ3n) is 5.11. The van der Waals surface area contributed by atoms with Crippen molar-refractivity contribution in [3.63, 3.8) is 0 Å². The molecule has 4 rings (SSSR count). The molecule has 0 radical (unpaired) electrons. The molecule has 1 N–H and O–H groups in total. The number of fused-ring (bicyclic) bond motifs is 1. The minimum atomic E-state index is -0.230. The SMILES string of the molecule is COc1ccc(NC(=O)c2ccc(N3c4ccccc4CC3C)nc2)cc1OC. The molecule has 29 heavy (non-hydrogen) atoms. The van der Waals surface area contributed by atoms with Gasteiger partial charge in [-0.05, 0) is 49.2 Å². The van der Waals surface area contributed by atoms with E-state index in [2.05, 4.69) is 40.3 Å². The lowest BCUT2D eigenvalue weighted by Crippen LogP contribution is -2.25. The predicted molar refractivity (Wildman–Crippen MR) is 113 cm³/mol. The minimum absolute atomic E-state index is 0.230. The van der Waals surface area contributed by atoms with E-state index in [4.69, 9.17) is 9.47 Å². The molecule has 1 aromatic heterocycles. The van der Waals surface area contributed by atoms with Gasteiger partial charge in [0.25, 0.3) is 5.91 Å². The van der Waals surface area contributed by atoms with Crippen molar-refractivity contribution >= 4 is 23.1 Å². The number of hydrogen-bond acceptors (Lipinski definition) is 5. The summed E-state index contributed by atoms with van der Waals surface area (Å²) in [4.78, 5) is 19.4. The summed E-state index contributed by atoms with van der Waals surface area (Å²) in [5.41, 5.74) is 3.61. The van der Waals surface area contributed by atoms with E-state index in [1.54, 1.807) is 44.7 Å². The van der Waals surface area contributed by atoms with Crippen LogP contribution >= 0.6 is 0 Å². The maximum absolute atomic E-state index is 12.6. The van der Waals surface area contributed by atoms with Gasteiger partial charge in [-0.3, -0.25) is 4.79 Å². The van der Waals surface area contributed by atoms with Crippen molar-refractivity contribution < 1.29 is 14.3 Å². The number of rotatable bonds is 5. The van der Waals surface area contributed by atoms with E-state index in [0.717, 1.165) is 12.2 Å². The molecule has 1 atom stereocenters. The molecule has 0 bridgehead atoms. The molecule has 6 nitrogen and oxygen atoms in total. The van der Waals surface area contributed by atoms with E-state index in [1.165, 1.54) is 11.3 Å². The Hall–Kier alpha value is -3.54. The second kappa shape index (κ2) is 7.83. The summed E-state index contributed by atoms with van der Waals surface area (Å²) in [5.74, 6) is 1.77. The number of methoxy groups -OCH3 is 2. The van der Waals surface area contributed by atoms with Gasteiger partial charge in [0, 0.05) is 29.7 Å². The quantitative estimate of drug-likeness (QED) is 0.699. The number of benzene rings is 2. The van der Waals surface area contributed by atoms with Gasteiger partial charge in [0.15, 0.2) is 11.5 Å². The van der Waals surface area contributed by atoms with Crippen molar-refractivity contribution in [3.8, 4) is 11.5 Å². The van der Waals surface area contributed by atoms with E-state index in [9.17, 15) is 4.79 Å². The molecule has 0 saturated heterocycles. The molecular weight excluding hydrogens is 366 g/mol. The third kappa shape index (κ3) is 3.61. The van der Waals surface area contributed by atoms with Gasteiger partial charge in [-0.2, -0.15) is 0 Å². The van der Waals surface area contributed by atoms with E-state index in [1.807, 2.05) is 12.1 Å². The van der Waals surface area contributed by atoms with Crippen molar-refractivity contribution in [3.05, 3.63) is 71.9 Å². The summed E-state index contributed by atoms with van der Waals surface area (Å²) >= 11 is 0. The lowest BCUT2D eigenvalue weighted by atomic mass is 10.1. The first-order valence-electron chi connectivity index (χ1n) is 9.47. The average molecular weight is 389 g/mol. The number of nitrogens with one attached hydrogen (secondary N) is 1. The number of para-hydroxylation sites is 1. The molecule has 0 spiro atoms. The molecular formula is C23H23N3O3. The van der Waals surface area contributed by atoms with Crippen LogP contribution in [-0.2, 0) is 6.42 Å².